The monoisotopic (exact) mass is 214 g/mol. The zero-order valence-electron chi connectivity index (χ0n) is 10.2. The Bertz CT molecular complexity index is 152. The van der Waals surface area contributed by atoms with Gasteiger partial charge in [-0.3, -0.25) is 0 Å². The van der Waals surface area contributed by atoms with Crippen LogP contribution < -0.4 is 5.32 Å². The molecule has 1 saturated carbocycles. The van der Waals surface area contributed by atoms with Crippen molar-refractivity contribution in [1.82, 2.24) is 10.2 Å². The third kappa shape index (κ3) is 4.49. The summed E-state index contributed by atoms with van der Waals surface area (Å²) in [6.45, 7) is 4.47. The van der Waals surface area contributed by atoms with E-state index in [1.54, 1.807) is 0 Å². The number of rotatable bonds is 7. The molecule has 1 rings (SSSR count). The van der Waals surface area contributed by atoms with Gasteiger partial charge in [0.25, 0.3) is 0 Å². The average molecular weight is 214 g/mol. The molecule has 1 unspecified atom stereocenters. The van der Waals surface area contributed by atoms with Crippen LogP contribution in [0.2, 0.25) is 0 Å². The molecule has 3 nitrogen and oxygen atoms in total. The summed E-state index contributed by atoms with van der Waals surface area (Å²) in [5.41, 5.74) is 0. The summed E-state index contributed by atoms with van der Waals surface area (Å²) in [6.07, 6.45) is 6.36. The van der Waals surface area contributed by atoms with Gasteiger partial charge in [-0.2, -0.15) is 0 Å². The molecule has 1 aliphatic rings. The van der Waals surface area contributed by atoms with Gasteiger partial charge in [-0.15, -0.1) is 0 Å². The standard InChI is InChI=1S/C12H26N2O/c1-3-13-11(8-9-15)10-14(2)12-6-4-5-7-12/h11-13,15H,3-10H2,1-2H3. The molecule has 0 amide bonds. The van der Waals surface area contributed by atoms with Gasteiger partial charge in [0.2, 0.25) is 0 Å². The second-order valence-electron chi connectivity index (χ2n) is 4.64. The SMILES string of the molecule is CCNC(CCO)CN(C)C1CCCC1. The van der Waals surface area contributed by atoms with Gasteiger partial charge in [0, 0.05) is 25.2 Å². The minimum Gasteiger partial charge on any atom is -0.396 e. The first-order valence-corrected chi connectivity index (χ1v) is 6.32. The molecule has 0 bridgehead atoms. The molecule has 0 saturated heterocycles. The van der Waals surface area contributed by atoms with Crippen LogP contribution in [0.25, 0.3) is 0 Å². The van der Waals surface area contributed by atoms with Crippen LogP contribution >= 0.6 is 0 Å². The quantitative estimate of drug-likeness (QED) is 0.669. The van der Waals surface area contributed by atoms with Crippen LogP contribution in [0.5, 0.6) is 0 Å². The van der Waals surface area contributed by atoms with E-state index in [0.29, 0.717) is 6.04 Å². The number of nitrogens with zero attached hydrogens (tertiary/aromatic N) is 1. The normalized spacial score (nSPS) is 20.0. The van der Waals surface area contributed by atoms with E-state index in [2.05, 4.69) is 24.2 Å². The summed E-state index contributed by atoms with van der Waals surface area (Å²) in [6, 6.07) is 1.23. The summed E-state index contributed by atoms with van der Waals surface area (Å²) < 4.78 is 0. The lowest BCUT2D eigenvalue weighted by atomic mass is 10.1. The molecule has 0 aromatic rings. The average Bonchev–Trinajstić information content (AvgIpc) is 2.71. The van der Waals surface area contributed by atoms with E-state index in [-0.39, 0.29) is 6.61 Å². The minimum absolute atomic E-state index is 0.288. The van der Waals surface area contributed by atoms with E-state index < -0.39 is 0 Å². The first-order chi connectivity index (χ1) is 7.27. The highest BCUT2D eigenvalue weighted by Gasteiger charge is 2.21. The van der Waals surface area contributed by atoms with E-state index in [1.165, 1.54) is 25.7 Å². The maximum Gasteiger partial charge on any atom is 0.0446 e. The molecular weight excluding hydrogens is 188 g/mol. The summed E-state index contributed by atoms with van der Waals surface area (Å²) in [5.74, 6) is 0. The van der Waals surface area contributed by atoms with Crippen LogP contribution in [0.1, 0.15) is 39.0 Å². The Labute approximate surface area is 93.9 Å². The molecule has 3 heteroatoms. The smallest absolute Gasteiger partial charge is 0.0446 e. The van der Waals surface area contributed by atoms with Crippen molar-refractivity contribution < 1.29 is 5.11 Å². The second kappa shape index (κ2) is 7.20. The molecule has 90 valence electrons. The van der Waals surface area contributed by atoms with Crippen LogP contribution in [0.3, 0.4) is 0 Å². The van der Waals surface area contributed by atoms with Crippen LogP contribution in [0.4, 0.5) is 0 Å². The summed E-state index contributed by atoms with van der Waals surface area (Å²) in [5, 5.41) is 12.4. The van der Waals surface area contributed by atoms with Gasteiger partial charge in [0.15, 0.2) is 0 Å². The number of hydrogen-bond acceptors (Lipinski definition) is 3. The molecule has 0 radical (unpaired) electrons. The van der Waals surface area contributed by atoms with E-state index in [4.69, 9.17) is 5.11 Å². The summed E-state index contributed by atoms with van der Waals surface area (Å²) in [7, 11) is 2.22. The van der Waals surface area contributed by atoms with Crippen molar-refractivity contribution >= 4 is 0 Å². The maximum absolute atomic E-state index is 8.98. The zero-order chi connectivity index (χ0) is 11.1. The van der Waals surface area contributed by atoms with Crippen molar-refractivity contribution in [1.29, 1.82) is 0 Å². The van der Waals surface area contributed by atoms with Crippen molar-refractivity contribution in [2.75, 3.05) is 26.7 Å². The lowest BCUT2D eigenvalue weighted by molar-refractivity contribution is 0.194. The van der Waals surface area contributed by atoms with E-state index >= 15 is 0 Å². The van der Waals surface area contributed by atoms with E-state index in [1.807, 2.05) is 0 Å². The largest absolute Gasteiger partial charge is 0.396 e. The molecule has 1 atom stereocenters. The molecular formula is C12H26N2O. The molecule has 0 aromatic heterocycles. The highest BCUT2D eigenvalue weighted by Crippen LogP contribution is 2.22. The number of aliphatic hydroxyl groups excluding tert-OH is 1. The Kier molecular flexibility index (Phi) is 6.22. The van der Waals surface area contributed by atoms with Crippen LogP contribution in [0.15, 0.2) is 0 Å². The van der Waals surface area contributed by atoms with Gasteiger partial charge in [-0.25, -0.2) is 0 Å². The van der Waals surface area contributed by atoms with Gasteiger partial charge in [-0.05, 0) is 32.9 Å². The second-order valence-corrected chi connectivity index (χ2v) is 4.64. The van der Waals surface area contributed by atoms with Gasteiger partial charge in [0.1, 0.15) is 0 Å². The minimum atomic E-state index is 0.288. The number of nitrogens with one attached hydrogen (secondary N) is 1. The Morgan fingerprint density at radius 3 is 2.60 bits per heavy atom. The molecule has 1 aliphatic carbocycles. The molecule has 15 heavy (non-hydrogen) atoms. The highest BCUT2D eigenvalue weighted by molar-refractivity contribution is 4.79. The first-order valence-electron chi connectivity index (χ1n) is 6.32. The van der Waals surface area contributed by atoms with Crippen LogP contribution in [-0.2, 0) is 0 Å². The fourth-order valence-electron chi connectivity index (χ4n) is 2.54. The fourth-order valence-corrected chi connectivity index (χ4v) is 2.54. The Hall–Kier alpha value is -0.120. The molecule has 0 aliphatic heterocycles. The van der Waals surface area contributed by atoms with Gasteiger partial charge < -0.3 is 15.3 Å². The summed E-state index contributed by atoms with van der Waals surface area (Å²) >= 11 is 0. The van der Waals surface area contributed by atoms with Crippen LogP contribution in [0, 0.1) is 0 Å². The van der Waals surface area contributed by atoms with Crippen molar-refractivity contribution in [3.63, 3.8) is 0 Å². The van der Waals surface area contributed by atoms with E-state index in [0.717, 1.165) is 25.6 Å². The Morgan fingerprint density at radius 2 is 2.07 bits per heavy atom. The molecule has 0 aromatic carbocycles. The first kappa shape index (κ1) is 12.9. The van der Waals surface area contributed by atoms with E-state index in [9.17, 15) is 0 Å². The van der Waals surface area contributed by atoms with Crippen molar-refractivity contribution in [3.8, 4) is 0 Å². The maximum atomic E-state index is 8.98. The number of hydrogen-bond donors (Lipinski definition) is 2. The molecule has 2 N–H and O–H groups in total. The fraction of sp³-hybridized carbons (Fsp3) is 1.00. The third-order valence-electron chi connectivity index (χ3n) is 3.43. The molecule has 0 spiro atoms. The predicted molar refractivity (Wildman–Crippen MR) is 64.1 cm³/mol. The predicted octanol–water partition coefficient (Wildman–Crippen LogP) is 1.22. The Balaban J connectivity index is 2.28. The zero-order valence-corrected chi connectivity index (χ0v) is 10.2. The molecule has 1 fully saturated rings. The lowest BCUT2D eigenvalue weighted by Gasteiger charge is -2.29. The number of aliphatic hydroxyl groups is 1. The Morgan fingerprint density at radius 1 is 1.40 bits per heavy atom. The van der Waals surface area contributed by atoms with Crippen LogP contribution in [-0.4, -0.2) is 48.8 Å². The lowest BCUT2D eigenvalue weighted by Crippen LogP contribution is -2.43. The molecule has 0 heterocycles. The van der Waals surface area contributed by atoms with Gasteiger partial charge >= 0.3 is 0 Å². The summed E-state index contributed by atoms with van der Waals surface area (Å²) in [4.78, 5) is 2.47. The van der Waals surface area contributed by atoms with Gasteiger partial charge in [0.05, 0.1) is 0 Å². The third-order valence-corrected chi connectivity index (χ3v) is 3.43. The van der Waals surface area contributed by atoms with Gasteiger partial charge in [-0.1, -0.05) is 19.8 Å². The van der Waals surface area contributed by atoms with Crippen molar-refractivity contribution in [2.24, 2.45) is 0 Å². The highest BCUT2D eigenvalue weighted by atomic mass is 16.3. The van der Waals surface area contributed by atoms with Crippen molar-refractivity contribution in [2.45, 2.75) is 51.1 Å². The van der Waals surface area contributed by atoms with Crippen molar-refractivity contribution in [3.05, 3.63) is 0 Å². The number of likely N-dealkylation sites (N-methyl/N-ethyl adjacent to an activating group) is 2. The topological polar surface area (TPSA) is 35.5 Å².